The normalized spacial score (nSPS) is 11.6. The van der Waals surface area contributed by atoms with Gasteiger partial charge in [-0.2, -0.15) is 0 Å². The number of ether oxygens (including phenoxy) is 1. The molecule has 0 unspecified atom stereocenters. The first-order valence-electron chi connectivity index (χ1n) is 5.00. The standard InChI is InChI=1S/C12H20NO/c1-13(2,3)9-10-14-11-12-7-5-4-6-8-12/h4-8H,9-11H2,1-3H3/q+1. The van der Waals surface area contributed by atoms with E-state index >= 15 is 0 Å². The van der Waals surface area contributed by atoms with Crippen LogP contribution in [0.4, 0.5) is 0 Å². The predicted molar refractivity (Wildman–Crippen MR) is 59.0 cm³/mol. The second kappa shape index (κ2) is 5.13. The van der Waals surface area contributed by atoms with Gasteiger partial charge in [0.25, 0.3) is 0 Å². The molecule has 14 heavy (non-hydrogen) atoms. The molecule has 0 N–H and O–H groups in total. The van der Waals surface area contributed by atoms with Crippen molar-refractivity contribution >= 4 is 0 Å². The van der Waals surface area contributed by atoms with Crippen LogP contribution in [0.2, 0.25) is 0 Å². The topological polar surface area (TPSA) is 9.23 Å². The predicted octanol–water partition coefficient (Wildman–Crippen LogP) is 1.91. The summed E-state index contributed by atoms with van der Waals surface area (Å²) in [5.74, 6) is 0. The monoisotopic (exact) mass is 194 g/mol. The van der Waals surface area contributed by atoms with E-state index in [0.29, 0.717) is 0 Å². The Bertz CT molecular complexity index is 251. The summed E-state index contributed by atoms with van der Waals surface area (Å²) in [7, 11) is 6.52. The van der Waals surface area contributed by atoms with Gasteiger partial charge < -0.3 is 9.22 Å². The molecular weight excluding hydrogens is 174 g/mol. The molecule has 0 atom stereocenters. The Morgan fingerprint density at radius 1 is 1.07 bits per heavy atom. The minimum absolute atomic E-state index is 0.723. The maximum absolute atomic E-state index is 5.58. The maximum atomic E-state index is 5.58. The third-order valence-corrected chi connectivity index (χ3v) is 2.02. The molecule has 2 heteroatoms. The molecular formula is C12H20NO+. The van der Waals surface area contributed by atoms with Crippen LogP contribution in [0.1, 0.15) is 5.56 Å². The number of benzene rings is 1. The highest BCUT2D eigenvalue weighted by molar-refractivity contribution is 5.13. The van der Waals surface area contributed by atoms with E-state index in [4.69, 9.17) is 4.74 Å². The van der Waals surface area contributed by atoms with Crippen molar-refractivity contribution in [2.75, 3.05) is 34.3 Å². The van der Waals surface area contributed by atoms with E-state index in [1.54, 1.807) is 0 Å². The first kappa shape index (κ1) is 11.2. The molecule has 1 rings (SSSR count). The molecule has 0 saturated carbocycles. The van der Waals surface area contributed by atoms with Gasteiger partial charge in [0.1, 0.15) is 6.54 Å². The fourth-order valence-corrected chi connectivity index (χ4v) is 1.10. The number of likely N-dealkylation sites (N-methyl/N-ethyl adjacent to an activating group) is 1. The van der Waals surface area contributed by atoms with Crippen LogP contribution in [-0.4, -0.2) is 38.8 Å². The van der Waals surface area contributed by atoms with Crippen molar-refractivity contribution in [2.24, 2.45) is 0 Å². The first-order valence-corrected chi connectivity index (χ1v) is 5.00. The number of hydrogen-bond acceptors (Lipinski definition) is 1. The summed E-state index contributed by atoms with van der Waals surface area (Å²) >= 11 is 0. The fourth-order valence-electron chi connectivity index (χ4n) is 1.10. The molecule has 0 heterocycles. The van der Waals surface area contributed by atoms with E-state index in [1.807, 2.05) is 18.2 Å². The number of rotatable bonds is 5. The van der Waals surface area contributed by atoms with Gasteiger partial charge in [0.15, 0.2) is 0 Å². The van der Waals surface area contributed by atoms with Gasteiger partial charge in [-0.15, -0.1) is 0 Å². The van der Waals surface area contributed by atoms with Gasteiger partial charge in [-0.05, 0) is 5.56 Å². The second-order valence-electron chi connectivity index (χ2n) is 4.55. The van der Waals surface area contributed by atoms with Crippen LogP contribution in [0.3, 0.4) is 0 Å². The first-order chi connectivity index (χ1) is 6.58. The van der Waals surface area contributed by atoms with Crippen molar-refractivity contribution in [2.45, 2.75) is 6.61 Å². The lowest BCUT2D eigenvalue weighted by Gasteiger charge is -2.23. The SMILES string of the molecule is C[N+](C)(C)CCOCc1ccccc1. The van der Waals surface area contributed by atoms with E-state index in [-0.39, 0.29) is 0 Å². The van der Waals surface area contributed by atoms with Crippen LogP contribution in [0, 0.1) is 0 Å². The Morgan fingerprint density at radius 2 is 1.71 bits per heavy atom. The third-order valence-electron chi connectivity index (χ3n) is 2.02. The highest BCUT2D eigenvalue weighted by atomic mass is 16.5. The number of nitrogens with zero attached hydrogens (tertiary/aromatic N) is 1. The molecule has 0 aromatic heterocycles. The molecule has 0 spiro atoms. The van der Waals surface area contributed by atoms with Gasteiger partial charge in [0.2, 0.25) is 0 Å². The smallest absolute Gasteiger partial charge is 0.102 e. The van der Waals surface area contributed by atoms with Crippen LogP contribution in [0.15, 0.2) is 30.3 Å². The van der Waals surface area contributed by atoms with E-state index < -0.39 is 0 Å². The molecule has 2 nitrogen and oxygen atoms in total. The average Bonchev–Trinajstić information content (AvgIpc) is 2.13. The Kier molecular flexibility index (Phi) is 4.11. The van der Waals surface area contributed by atoms with Crippen molar-refractivity contribution in [3.05, 3.63) is 35.9 Å². The summed E-state index contributed by atoms with van der Waals surface area (Å²) in [5, 5.41) is 0. The number of quaternary nitrogens is 1. The summed E-state index contributed by atoms with van der Waals surface area (Å²) < 4.78 is 6.53. The van der Waals surface area contributed by atoms with Crippen LogP contribution in [0.5, 0.6) is 0 Å². The lowest BCUT2D eigenvalue weighted by Crippen LogP contribution is -2.37. The Morgan fingerprint density at radius 3 is 2.29 bits per heavy atom. The third kappa shape index (κ3) is 5.00. The Hall–Kier alpha value is -0.860. The average molecular weight is 194 g/mol. The molecule has 78 valence electrons. The van der Waals surface area contributed by atoms with Gasteiger partial charge in [-0.1, -0.05) is 30.3 Å². The molecule has 0 bridgehead atoms. The van der Waals surface area contributed by atoms with Gasteiger partial charge in [0.05, 0.1) is 34.4 Å². The van der Waals surface area contributed by atoms with Crippen LogP contribution in [-0.2, 0) is 11.3 Å². The molecule has 0 radical (unpaired) electrons. The minimum Gasteiger partial charge on any atom is -0.371 e. The molecule has 1 aromatic rings. The fraction of sp³-hybridized carbons (Fsp3) is 0.500. The maximum Gasteiger partial charge on any atom is 0.102 e. The van der Waals surface area contributed by atoms with Crippen molar-refractivity contribution in [1.29, 1.82) is 0 Å². The van der Waals surface area contributed by atoms with Crippen molar-refractivity contribution in [3.8, 4) is 0 Å². The highest BCUT2D eigenvalue weighted by Crippen LogP contribution is 2.00. The highest BCUT2D eigenvalue weighted by Gasteiger charge is 2.05. The summed E-state index contributed by atoms with van der Waals surface area (Å²) in [5.41, 5.74) is 1.24. The number of hydrogen-bond donors (Lipinski definition) is 0. The van der Waals surface area contributed by atoms with Crippen molar-refractivity contribution in [1.82, 2.24) is 0 Å². The Labute approximate surface area is 86.7 Å². The van der Waals surface area contributed by atoms with Crippen LogP contribution < -0.4 is 0 Å². The summed E-state index contributed by atoms with van der Waals surface area (Å²) in [6.45, 7) is 2.59. The largest absolute Gasteiger partial charge is 0.371 e. The molecule has 0 aliphatic carbocycles. The summed E-state index contributed by atoms with van der Waals surface area (Å²) in [4.78, 5) is 0. The van der Waals surface area contributed by atoms with Gasteiger partial charge in [-0.3, -0.25) is 0 Å². The quantitative estimate of drug-likeness (QED) is 0.514. The molecule has 0 fully saturated rings. The van der Waals surface area contributed by atoms with Gasteiger partial charge in [-0.25, -0.2) is 0 Å². The molecule has 0 aliphatic heterocycles. The lowest BCUT2D eigenvalue weighted by atomic mass is 10.2. The zero-order chi connectivity index (χ0) is 10.4. The van der Waals surface area contributed by atoms with E-state index in [9.17, 15) is 0 Å². The zero-order valence-corrected chi connectivity index (χ0v) is 9.36. The van der Waals surface area contributed by atoms with Crippen molar-refractivity contribution in [3.63, 3.8) is 0 Å². The lowest BCUT2D eigenvalue weighted by molar-refractivity contribution is -0.870. The van der Waals surface area contributed by atoms with E-state index in [0.717, 1.165) is 24.2 Å². The molecule has 0 amide bonds. The van der Waals surface area contributed by atoms with E-state index in [2.05, 4.69) is 33.3 Å². The molecule has 1 aromatic carbocycles. The molecule has 0 saturated heterocycles. The zero-order valence-electron chi connectivity index (χ0n) is 9.36. The second-order valence-corrected chi connectivity index (χ2v) is 4.55. The van der Waals surface area contributed by atoms with Gasteiger partial charge >= 0.3 is 0 Å². The minimum atomic E-state index is 0.723. The van der Waals surface area contributed by atoms with E-state index in [1.165, 1.54) is 5.56 Å². The molecule has 0 aliphatic rings. The summed E-state index contributed by atoms with van der Waals surface area (Å²) in [6, 6.07) is 10.3. The Balaban J connectivity index is 2.17. The van der Waals surface area contributed by atoms with Gasteiger partial charge in [0, 0.05) is 0 Å². The van der Waals surface area contributed by atoms with Crippen LogP contribution in [0.25, 0.3) is 0 Å². The van der Waals surface area contributed by atoms with Crippen molar-refractivity contribution < 1.29 is 9.22 Å². The summed E-state index contributed by atoms with van der Waals surface area (Å²) in [6.07, 6.45) is 0. The van der Waals surface area contributed by atoms with Crippen LogP contribution >= 0.6 is 0 Å².